The Kier molecular flexibility index (Phi) is 6.52. The zero-order chi connectivity index (χ0) is 18.2. The van der Waals surface area contributed by atoms with E-state index in [1.807, 2.05) is 0 Å². The number of carboxylic acids is 1. The van der Waals surface area contributed by atoms with Crippen LogP contribution in [0.25, 0.3) is 0 Å². The molecule has 0 spiro atoms. The van der Waals surface area contributed by atoms with E-state index >= 15 is 0 Å². The fraction of sp³-hybridized carbons (Fsp3) is 0.267. The largest absolute Gasteiger partial charge is 0.497 e. The molecule has 0 bridgehead atoms. The second kappa shape index (κ2) is 8.83. The SMILES string of the molecule is COc1ccc(/C=N/N=C2\NC(=O)C(CC(=O)NCC(=O)O)S2)cc1. The second-order valence-corrected chi connectivity index (χ2v) is 6.08. The maximum atomic E-state index is 11.8. The standard InChI is InChI=1S/C15H16N4O5S/c1-24-10-4-2-9(3-5-10)7-17-19-15-18-14(23)11(25-15)6-12(20)16-8-13(21)22/h2-5,7,11H,6,8H2,1H3,(H,16,20)(H,21,22)(H,18,19,23)/b17-7+. The van der Waals surface area contributed by atoms with Crippen LogP contribution in [0.15, 0.2) is 34.5 Å². The van der Waals surface area contributed by atoms with Gasteiger partial charge in [-0.25, -0.2) is 0 Å². The van der Waals surface area contributed by atoms with Crippen LogP contribution in [0, 0.1) is 0 Å². The first-order valence-electron chi connectivity index (χ1n) is 7.19. The quantitative estimate of drug-likeness (QED) is 0.468. The van der Waals surface area contributed by atoms with E-state index in [4.69, 9.17) is 9.84 Å². The number of methoxy groups -OCH3 is 1. The highest BCUT2D eigenvalue weighted by Gasteiger charge is 2.32. The lowest BCUT2D eigenvalue weighted by Crippen LogP contribution is -2.33. The van der Waals surface area contributed by atoms with E-state index in [1.165, 1.54) is 6.21 Å². The maximum absolute atomic E-state index is 11.8. The Hall–Kier alpha value is -2.88. The van der Waals surface area contributed by atoms with E-state index in [0.717, 1.165) is 23.1 Å². The molecule has 0 radical (unpaired) electrons. The summed E-state index contributed by atoms with van der Waals surface area (Å²) in [5.74, 6) is -1.30. The molecule has 25 heavy (non-hydrogen) atoms. The number of hydrogen-bond donors (Lipinski definition) is 3. The third-order valence-electron chi connectivity index (χ3n) is 3.06. The highest BCUT2D eigenvalue weighted by molar-refractivity contribution is 8.15. The van der Waals surface area contributed by atoms with Crippen LogP contribution >= 0.6 is 11.8 Å². The summed E-state index contributed by atoms with van der Waals surface area (Å²) >= 11 is 1.07. The van der Waals surface area contributed by atoms with E-state index in [1.54, 1.807) is 31.4 Å². The van der Waals surface area contributed by atoms with Crippen molar-refractivity contribution >= 4 is 40.9 Å². The first-order valence-corrected chi connectivity index (χ1v) is 8.07. The molecule has 10 heteroatoms. The van der Waals surface area contributed by atoms with Crippen LogP contribution in [0.3, 0.4) is 0 Å². The van der Waals surface area contributed by atoms with Crippen LogP contribution in [0.2, 0.25) is 0 Å². The minimum Gasteiger partial charge on any atom is -0.497 e. The van der Waals surface area contributed by atoms with Crippen molar-refractivity contribution in [1.29, 1.82) is 0 Å². The van der Waals surface area contributed by atoms with Crippen molar-refractivity contribution in [1.82, 2.24) is 10.6 Å². The Balaban J connectivity index is 1.87. The van der Waals surface area contributed by atoms with E-state index in [9.17, 15) is 14.4 Å². The van der Waals surface area contributed by atoms with Crippen LogP contribution in [-0.2, 0) is 14.4 Å². The van der Waals surface area contributed by atoms with E-state index in [-0.39, 0.29) is 17.5 Å². The average Bonchev–Trinajstić information content (AvgIpc) is 2.93. The molecular formula is C15H16N4O5S. The smallest absolute Gasteiger partial charge is 0.322 e. The van der Waals surface area contributed by atoms with E-state index < -0.39 is 23.7 Å². The summed E-state index contributed by atoms with van der Waals surface area (Å²) in [7, 11) is 1.58. The number of amides is 2. The van der Waals surface area contributed by atoms with Gasteiger partial charge in [-0.1, -0.05) is 11.8 Å². The number of carbonyl (C=O) groups excluding carboxylic acids is 2. The number of carbonyl (C=O) groups is 3. The van der Waals surface area contributed by atoms with Crippen molar-refractivity contribution in [2.24, 2.45) is 10.2 Å². The number of benzene rings is 1. The number of hydrogen-bond acceptors (Lipinski definition) is 7. The van der Waals surface area contributed by atoms with E-state index in [0.29, 0.717) is 0 Å². The minimum absolute atomic E-state index is 0.134. The van der Waals surface area contributed by atoms with Crippen LogP contribution in [0.5, 0.6) is 5.75 Å². The Labute approximate surface area is 147 Å². The first-order chi connectivity index (χ1) is 12.0. The molecule has 1 aliphatic heterocycles. The predicted octanol–water partition coefficient (Wildman–Crippen LogP) is 0.208. The van der Waals surface area contributed by atoms with Gasteiger partial charge in [0.1, 0.15) is 17.5 Å². The number of amidine groups is 1. The number of aliphatic carboxylic acids is 1. The molecule has 1 saturated heterocycles. The summed E-state index contributed by atoms with van der Waals surface area (Å²) in [5, 5.41) is 20.6. The van der Waals surface area contributed by atoms with Crippen LogP contribution < -0.4 is 15.4 Å². The monoisotopic (exact) mass is 364 g/mol. The molecule has 0 aromatic heterocycles. The van der Waals surface area contributed by atoms with E-state index in [2.05, 4.69) is 20.8 Å². The molecule has 1 aromatic rings. The molecule has 9 nitrogen and oxygen atoms in total. The predicted molar refractivity (Wildman–Crippen MR) is 92.8 cm³/mol. The molecule has 1 aromatic carbocycles. The Morgan fingerprint density at radius 2 is 2.12 bits per heavy atom. The van der Waals surface area contributed by atoms with Crippen molar-refractivity contribution < 1.29 is 24.2 Å². The van der Waals surface area contributed by atoms with Gasteiger partial charge in [-0.05, 0) is 29.8 Å². The van der Waals surface area contributed by atoms with Gasteiger partial charge in [-0.2, -0.15) is 5.10 Å². The van der Waals surface area contributed by atoms with Gasteiger partial charge < -0.3 is 20.5 Å². The average molecular weight is 364 g/mol. The normalized spacial score (nSPS) is 18.4. The highest BCUT2D eigenvalue weighted by Crippen LogP contribution is 2.22. The van der Waals surface area contributed by atoms with Crippen LogP contribution in [0.1, 0.15) is 12.0 Å². The second-order valence-electron chi connectivity index (χ2n) is 4.89. The number of ether oxygens (including phenoxy) is 1. The summed E-state index contributed by atoms with van der Waals surface area (Å²) in [6.45, 7) is -0.481. The maximum Gasteiger partial charge on any atom is 0.322 e. The lowest BCUT2D eigenvalue weighted by molar-refractivity contribution is -0.137. The summed E-state index contributed by atoms with van der Waals surface area (Å²) in [5.41, 5.74) is 0.809. The van der Waals surface area contributed by atoms with Gasteiger partial charge in [-0.3, -0.25) is 14.4 Å². The summed E-state index contributed by atoms with van der Waals surface area (Å²) in [6.07, 6.45) is 1.39. The van der Waals surface area contributed by atoms with Gasteiger partial charge in [0.05, 0.1) is 13.3 Å². The molecular weight excluding hydrogens is 348 g/mol. The molecule has 1 aliphatic rings. The van der Waals surface area contributed by atoms with Crippen molar-refractivity contribution in [3.05, 3.63) is 29.8 Å². The molecule has 0 aliphatic carbocycles. The molecule has 1 atom stereocenters. The van der Waals surface area contributed by atoms with Gasteiger partial charge in [0.2, 0.25) is 11.8 Å². The van der Waals surface area contributed by atoms with Crippen molar-refractivity contribution in [3.8, 4) is 5.75 Å². The first kappa shape index (κ1) is 18.5. The molecule has 3 N–H and O–H groups in total. The summed E-state index contributed by atoms with van der Waals surface area (Å²) < 4.78 is 5.05. The molecule has 132 valence electrons. The Morgan fingerprint density at radius 3 is 2.76 bits per heavy atom. The van der Waals surface area contributed by atoms with Crippen LogP contribution in [0.4, 0.5) is 0 Å². The Bertz CT molecular complexity index is 717. The third kappa shape index (κ3) is 5.92. The molecule has 0 saturated carbocycles. The number of carboxylic acid groups (broad SMARTS) is 1. The summed E-state index contributed by atoms with van der Waals surface area (Å²) in [6, 6.07) is 7.18. The topological polar surface area (TPSA) is 129 Å². The van der Waals surface area contributed by atoms with Gasteiger partial charge in [-0.15, -0.1) is 5.10 Å². The zero-order valence-corrected chi connectivity index (χ0v) is 14.1. The van der Waals surface area contributed by atoms with Gasteiger partial charge in [0.25, 0.3) is 0 Å². The molecule has 1 unspecified atom stereocenters. The van der Waals surface area contributed by atoms with Crippen LogP contribution in [-0.4, -0.2) is 53.2 Å². The number of nitrogens with one attached hydrogen (secondary N) is 2. The van der Waals surface area contributed by atoms with Crippen molar-refractivity contribution in [3.63, 3.8) is 0 Å². The lowest BCUT2D eigenvalue weighted by Gasteiger charge is -2.04. The minimum atomic E-state index is -1.15. The third-order valence-corrected chi connectivity index (χ3v) is 4.13. The van der Waals surface area contributed by atoms with Crippen molar-refractivity contribution in [2.75, 3.05) is 13.7 Å². The number of nitrogens with zero attached hydrogens (tertiary/aromatic N) is 2. The van der Waals surface area contributed by atoms with Gasteiger partial charge >= 0.3 is 5.97 Å². The molecule has 2 amide bonds. The van der Waals surface area contributed by atoms with Gasteiger partial charge in [0.15, 0.2) is 5.17 Å². The number of rotatable bonds is 7. The molecule has 2 rings (SSSR count). The zero-order valence-electron chi connectivity index (χ0n) is 13.3. The highest BCUT2D eigenvalue weighted by atomic mass is 32.2. The molecule has 1 fully saturated rings. The molecule has 1 heterocycles. The lowest BCUT2D eigenvalue weighted by atomic mass is 10.2. The fourth-order valence-corrected chi connectivity index (χ4v) is 2.76. The van der Waals surface area contributed by atoms with Crippen molar-refractivity contribution in [2.45, 2.75) is 11.7 Å². The fourth-order valence-electron chi connectivity index (χ4n) is 1.84. The Morgan fingerprint density at radius 1 is 1.40 bits per heavy atom. The summed E-state index contributed by atoms with van der Waals surface area (Å²) in [4.78, 5) is 33.7. The van der Waals surface area contributed by atoms with Gasteiger partial charge in [0, 0.05) is 6.42 Å². The number of thioether (sulfide) groups is 1.